The Labute approximate surface area is 150 Å². The van der Waals surface area contributed by atoms with Crippen molar-refractivity contribution in [2.24, 2.45) is 5.41 Å². The molecular weight excluding hydrogens is 316 g/mol. The highest BCUT2D eigenvalue weighted by atomic mass is 16.5. The average molecular weight is 346 g/mol. The van der Waals surface area contributed by atoms with Crippen LogP contribution in [-0.2, 0) is 9.53 Å². The maximum atomic E-state index is 12.2. The highest BCUT2D eigenvalue weighted by Crippen LogP contribution is 2.21. The Kier molecular flexibility index (Phi) is 7.02. The number of morpholine rings is 1. The molecule has 0 aromatic heterocycles. The lowest BCUT2D eigenvalue weighted by Crippen LogP contribution is -2.43. The van der Waals surface area contributed by atoms with Crippen LogP contribution in [0.3, 0.4) is 0 Å². The number of hydrogen-bond donors (Lipinski definition) is 2. The van der Waals surface area contributed by atoms with Crippen molar-refractivity contribution in [1.82, 2.24) is 5.32 Å². The van der Waals surface area contributed by atoms with Crippen LogP contribution in [0.5, 0.6) is 0 Å². The van der Waals surface area contributed by atoms with Gasteiger partial charge in [-0.15, -0.1) is 0 Å². The molecule has 1 aliphatic rings. The van der Waals surface area contributed by atoms with Crippen molar-refractivity contribution in [3.8, 4) is 0 Å². The monoisotopic (exact) mass is 346 g/mol. The summed E-state index contributed by atoms with van der Waals surface area (Å²) in [6.45, 7) is 9.60. The summed E-state index contributed by atoms with van der Waals surface area (Å²) in [5.41, 5.74) is 2.08. The zero-order valence-electron chi connectivity index (χ0n) is 15.5. The van der Waals surface area contributed by atoms with Gasteiger partial charge in [0, 0.05) is 37.5 Å². The maximum Gasteiger partial charge on any atom is 0.244 e. The Morgan fingerprint density at radius 1 is 1.28 bits per heavy atom. The van der Waals surface area contributed by atoms with E-state index in [-0.39, 0.29) is 24.0 Å². The van der Waals surface area contributed by atoms with Gasteiger partial charge in [0.1, 0.15) is 0 Å². The molecular formula is C20H30N2O3. The van der Waals surface area contributed by atoms with Crippen LogP contribution in [0.1, 0.15) is 32.8 Å². The number of carbonyl (C=O) groups excluding carboxylic acids is 1. The SMILES string of the molecule is CC(C)(C)C(CCO)NC(=O)/C=C/c1ccc(N2CCOCC2)cc1. The van der Waals surface area contributed by atoms with Gasteiger partial charge in [-0.1, -0.05) is 32.9 Å². The van der Waals surface area contributed by atoms with Gasteiger partial charge >= 0.3 is 0 Å². The van der Waals surface area contributed by atoms with Crippen LogP contribution in [0, 0.1) is 5.41 Å². The molecule has 0 aliphatic carbocycles. The van der Waals surface area contributed by atoms with Crippen LogP contribution in [0.2, 0.25) is 0 Å². The number of amides is 1. The van der Waals surface area contributed by atoms with Crippen molar-refractivity contribution in [1.29, 1.82) is 0 Å². The van der Waals surface area contributed by atoms with Gasteiger partial charge in [0.2, 0.25) is 5.91 Å². The van der Waals surface area contributed by atoms with Gasteiger partial charge in [0.05, 0.1) is 13.2 Å². The Morgan fingerprint density at radius 2 is 1.92 bits per heavy atom. The Morgan fingerprint density at radius 3 is 2.48 bits per heavy atom. The highest BCUT2D eigenvalue weighted by Gasteiger charge is 2.24. The molecule has 1 unspecified atom stereocenters. The minimum atomic E-state index is -0.134. The second-order valence-corrected chi connectivity index (χ2v) is 7.46. The minimum Gasteiger partial charge on any atom is -0.396 e. The van der Waals surface area contributed by atoms with E-state index in [0.29, 0.717) is 6.42 Å². The van der Waals surface area contributed by atoms with Crippen molar-refractivity contribution in [3.63, 3.8) is 0 Å². The smallest absolute Gasteiger partial charge is 0.244 e. The van der Waals surface area contributed by atoms with Crippen molar-refractivity contribution in [2.45, 2.75) is 33.2 Å². The van der Waals surface area contributed by atoms with E-state index in [1.165, 1.54) is 5.69 Å². The largest absolute Gasteiger partial charge is 0.396 e. The van der Waals surface area contributed by atoms with E-state index in [1.54, 1.807) is 6.08 Å². The molecule has 1 aromatic carbocycles. The first-order chi connectivity index (χ1) is 11.9. The lowest BCUT2D eigenvalue weighted by molar-refractivity contribution is -0.118. The third-order valence-corrected chi connectivity index (χ3v) is 4.48. The molecule has 0 bridgehead atoms. The molecule has 5 nitrogen and oxygen atoms in total. The number of nitrogens with zero attached hydrogens (tertiary/aromatic N) is 1. The standard InChI is InChI=1S/C20H30N2O3/c1-20(2,3)18(10-13-23)21-19(24)9-6-16-4-7-17(8-5-16)22-11-14-25-15-12-22/h4-9,18,23H,10-15H2,1-3H3,(H,21,24)/b9-6+. The molecule has 138 valence electrons. The number of hydrogen-bond acceptors (Lipinski definition) is 4. The van der Waals surface area contributed by atoms with Crippen LogP contribution >= 0.6 is 0 Å². The number of rotatable bonds is 6. The van der Waals surface area contributed by atoms with Gasteiger partial charge in [-0.3, -0.25) is 4.79 Å². The number of ether oxygens (including phenoxy) is 1. The Balaban J connectivity index is 1.92. The van der Waals surface area contributed by atoms with Crippen LogP contribution in [0.4, 0.5) is 5.69 Å². The summed E-state index contributed by atoms with van der Waals surface area (Å²) >= 11 is 0. The van der Waals surface area contributed by atoms with Crippen molar-refractivity contribution < 1.29 is 14.6 Å². The molecule has 0 radical (unpaired) electrons. The summed E-state index contributed by atoms with van der Waals surface area (Å²) in [5, 5.41) is 12.2. The predicted molar refractivity (Wildman–Crippen MR) is 102 cm³/mol. The minimum absolute atomic E-state index is 0.0571. The first-order valence-electron chi connectivity index (χ1n) is 8.92. The van der Waals surface area contributed by atoms with Crippen LogP contribution in [0.25, 0.3) is 6.08 Å². The van der Waals surface area contributed by atoms with Crippen molar-refractivity contribution in [2.75, 3.05) is 37.8 Å². The molecule has 1 fully saturated rings. The summed E-state index contributed by atoms with van der Waals surface area (Å²) in [7, 11) is 0. The molecule has 1 aromatic rings. The first kappa shape index (κ1) is 19.5. The fourth-order valence-electron chi connectivity index (χ4n) is 2.86. The van der Waals surface area contributed by atoms with E-state index in [9.17, 15) is 9.90 Å². The second-order valence-electron chi connectivity index (χ2n) is 7.46. The van der Waals surface area contributed by atoms with Crippen LogP contribution in [0.15, 0.2) is 30.3 Å². The molecule has 2 rings (SSSR count). The van der Waals surface area contributed by atoms with Crippen molar-refractivity contribution >= 4 is 17.7 Å². The molecule has 1 heterocycles. The van der Waals surface area contributed by atoms with Gasteiger partial charge < -0.3 is 20.1 Å². The molecule has 1 atom stereocenters. The summed E-state index contributed by atoms with van der Waals surface area (Å²) < 4.78 is 5.37. The van der Waals surface area contributed by atoms with Crippen molar-refractivity contribution in [3.05, 3.63) is 35.9 Å². The predicted octanol–water partition coefficient (Wildman–Crippen LogP) is 2.45. The molecule has 5 heteroatoms. The normalized spacial score (nSPS) is 16.9. The Hall–Kier alpha value is -1.85. The van der Waals surface area contributed by atoms with E-state index in [0.717, 1.165) is 31.9 Å². The number of aliphatic hydroxyl groups excluding tert-OH is 1. The molecule has 1 amide bonds. The second kappa shape index (κ2) is 9.02. The fourth-order valence-corrected chi connectivity index (χ4v) is 2.86. The van der Waals surface area contributed by atoms with Gasteiger partial charge in [-0.2, -0.15) is 0 Å². The third-order valence-electron chi connectivity index (χ3n) is 4.48. The van der Waals surface area contributed by atoms with E-state index < -0.39 is 0 Å². The lowest BCUT2D eigenvalue weighted by atomic mass is 9.85. The molecule has 1 saturated heterocycles. The molecule has 2 N–H and O–H groups in total. The number of anilines is 1. The van der Waals surface area contributed by atoms with E-state index in [2.05, 4.69) is 43.1 Å². The quantitative estimate of drug-likeness (QED) is 0.777. The summed E-state index contributed by atoms with van der Waals surface area (Å²) in [4.78, 5) is 14.5. The highest BCUT2D eigenvalue weighted by molar-refractivity contribution is 5.92. The molecule has 0 spiro atoms. The fraction of sp³-hybridized carbons (Fsp3) is 0.550. The Bertz CT molecular complexity index is 570. The third kappa shape index (κ3) is 6.18. The van der Waals surface area contributed by atoms with Gasteiger partial charge in [0.15, 0.2) is 0 Å². The summed E-state index contributed by atoms with van der Waals surface area (Å²) in [6, 6.07) is 8.13. The number of benzene rings is 1. The number of carbonyl (C=O) groups is 1. The van der Waals surface area contributed by atoms with E-state index >= 15 is 0 Å². The van der Waals surface area contributed by atoms with E-state index in [1.807, 2.05) is 18.2 Å². The first-order valence-corrected chi connectivity index (χ1v) is 8.92. The summed E-state index contributed by atoms with van der Waals surface area (Å²) in [6.07, 6.45) is 3.92. The molecule has 0 saturated carbocycles. The molecule has 1 aliphatic heterocycles. The summed E-state index contributed by atoms with van der Waals surface area (Å²) in [5.74, 6) is -0.134. The number of aliphatic hydroxyl groups is 1. The van der Waals surface area contributed by atoms with Gasteiger partial charge in [0.25, 0.3) is 0 Å². The van der Waals surface area contributed by atoms with Gasteiger partial charge in [-0.25, -0.2) is 0 Å². The topological polar surface area (TPSA) is 61.8 Å². The zero-order chi connectivity index (χ0) is 18.3. The van der Waals surface area contributed by atoms with Gasteiger partial charge in [-0.05, 0) is 35.6 Å². The van der Waals surface area contributed by atoms with E-state index in [4.69, 9.17) is 4.74 Å². The average Bonchev–Trinajstić information content (AvgIpc) is 2.60. The van der Waals surface area contributed by atoms with Crippen LogP contribution < -0.4 is 10.2 Å². The number of nitrogens with one attached hydrogen (secondary N) is 1. The maximum absolute atomic E-state index is 12.2. The lowest BCUT2D eigenvalue weighted by Gasteiger charge is -2.30. The molecule has 25 heavy (non-hydrogen) atoms. The zero-order valence-corrected chi connectivity index (χ0v) is 15.5. The van der Waals surface area contributed by atoms with Crippen LogP contribution in [-0.4, -0.2) is 50.0 Å².